The zero-order valence-electron chi connectivity index (χ0n) is 10.8. The van der Waals surface area contributed by atoms with Crippen LogP contribution in [0.4, 0.5) is 0 Å². The summed E-state index contributed by atoms with van der Waals surface area (Å²) in [6, 6.07) is 6.07. The summed E-state index contributed by atoms with van der Waals surface area (Å²) in [5.74, 6) is -0.996. The maximum Gasteiger partial charge on any atom is 0.305 e. The molecule has 1 aromatic rings. The number of aryl methyl sites for hydroxylation is 2. The fourth-order valence-electron chi connectivity index (χ4n) is 1.88. The molecule has 0 heterocycles. The number of aliphatic carboxylic acids is 1. The highest BCUT2D eigenvalue weighted by Crippen LogP contribution is 2.15. The molecular formula is C14H19NO3. The molecule has 0 spiro atoms. The van der Waals surface area contributed by atoms with Gasteiger partial charge in [-0.1, -0.05) is 18.2 Å². The van der Waals surface area contributed by atoms with Crippen LogP contribution in [0.3, 0.4) is 0 Å². The minimum Gasteiger partial charge on any atom is -0.481 e. The van der Waals surface area contributed by atoms with Crippen LogP contribution in [0.1, 0.15) is 29.5 Å². The van der Waals surface area contributed by atoms with E-state index in [-0.39, 0.29) is 18.9 Å². The standard InChI is InChI=1S/C14H19NO3/c1-10-4-3-5-11(2)12(10)6-7-13(16)15-9-8-14(17)18/h3-5H,6-9H2,1-2H3,(H,15,16)(H,17,18). The van der Waals surface area contributed by atoms with Gasteiger partial charge in [0.05, 0.1) is 6.42 Å². The average Bonchev–Trinajstić information content (AvgIpc) is 2.27. The van der Waals surface area contributed by atoms with Crippen LogP contribution in [0.2, 0.25) is 0 Å². The zero-order chi connectivity index (χ0) is 13.5. The van der Waals surface area contributed by atoms with Gasteiger partial charge in [-0.3, -0.25) is 9.59 Å². The Balaban J connectivity index is 2.40. The highest BCUT2D eigenvalue weighted by molar-refractivity contribution is 5.77. The van der Waals surface area contributed by atoms with E-state index in [1.165, 1.54) is 16.7 Å². The fraction of sp³-hybridized carbons (Fsp3) is 0.429. The van der Waals surface area contributed by atoms with Gasteiger partial charge in [0.25, 0.3) is 0 Å². The molecule has 0 unspecified atom stereocenters. The molecule has 0 saturated heterocycles. The van der Waals surface area contributed by atoms with Crippen molar-refractivity contribution in [2.45, 2.75) is 33.1 Å². The number of carboxylic acid groups (broad SMARTS) is 1. The largest absolute Gasteiger partial charge is 0.481 e. The van der Waals surface area contributed by atoms with Crippen molar-refractivity contribution in [3.8, 4) is 0 Å². The van der Waals surface area contributed by atoms with Crippen molar-refractivity contribution in [2.24, 2.45) is 0 Å². The molecule has 1 aromatic carbocycles. The summed E-state index contributed by atoms with van der Waals surface area (Å²) in [5, 5.41) is 11.1. The first-order valence-corrected chi connectivity index (χ1v) is 6.04. The van der Waals surface area contributed by atoms with Crippen molar-refractivity contribution >= 4 is 11.9 Å². The molecule has 0 aromatic heterocycles. The summed E-state index contributed by atoms with van der Waals surface area (Å²) in [6.07, 6.45) is 1.05. The van der Waals surface area contributed by atoms with Gasteiger partial charge in [0.15, 0.2) is 0 Å². The van der Waals surface area contributed by atoms with E-state index in [0.717, 1.165) is 0 Å². The normalized spacial score (nSPS) is 10.1. The second-order valence-electron chi connectivity index (χ2n) is 4.36. The summed E-state index contributed by atoms with van der Waals surface area (Å²) >= 11 is 0. The second-order valence-corrected chi connectivity index (χ2v) is 4.36. The van der Waals surface area contributed by atoms with Crippen LogP contribution in [0.5, 0.6) is 0 Å². The molecule has 4 nitrogen and oxygen atoms in total. The van der Waals surface area contributed by atoms with E-state index < -0.39 is 5.97 Å². The van der Waals surface area contributed by atoms with E-state index in [1.807, 2.05) is 32.0 Å². The number of amides is 1. The Bertz CT molecular complexity index is 420. The van der Waals surface area contributed by atoms with Gasteiger partial charge in [0.1, 0.15) is 0 Å². The molecule has 1 rings (SSSR count). The first-order chi connectivity index (χ1) is 8.50. The minimum atomic E-state index is -0.898. The van der Waals surface area contributed by atoms with Gasteiger partial charge in [-0.15, -0.1) is 0 Å². The van der Waals surface area contributed by atoms with Crippen LogP contribution in [0.15, 0.2) is 18.2 Å². The van der Waals surface area contributed by atoms with Gasteiger partial charge >= 0.3 is 5.97 Å². The Morgan fingerprint density at radius 2 is 1.78 bits per heavy atom. The van der Waals surface area contributed by atoms with E-state index in [9.17, 15) is 9.59 Å². The summed E-state index contributed by atoms with van der Waals surface area (Å²) in [6.45, 7) is 4.26. The van der Waals surface area contributed by atoms with E-state index in [0.29, 0.717) is 12.8 Å². The summed E-state index contributed by atoms with van der Waals surface area (Å²) < 4.78 is 0. The zero-order valence-corrected chi connectivity index (χ0v) is 10.8. The summed E-state index contributed by atoms with van der Waals surface area (Å²) in [4.78, 5) is 21.8. The number of rotatable bonds is 6. The van der Waals surface area contributed by atoms with Crippen LogP contribution < -0.4 is 5.32 Å². The first-order valence-electron chi connectivity index (χ1n) is 6.04. The average molecular weight is 249 g/mol. The minimum absolute atomic E-state index is 0.0326. The SMILES string of the molecule is Cc1cccc(C)c1CCC(=O)NCCC(=O)O. The van der Waals surface area contributed by atoms with Crippen molar-refractivity contribution in [3.63, 3.8) is 0 Å². The number of nitrogens with one attached hydrogen (secondary N) is 1. The molecule has 2 N–H and O–H groups in total. The van der Waals surface area contributed by atoms with Gasteiger partial charge in [0, 0.05) is 13.0 Å². The van der Waals surface area contributed by atoms with Gasteiger partial charge < -0.3 is 10.4 Å². The Morgan fingerprint density at radius 3 is 2.33 bits per heavy atom. The number of carbonyl (C=O) groups is 2. The number of carbonyl (C=O) groups excluding carboxylic acids is 1. The molecule has 0 fully saturated rings. The third-order valence-electron chi connectivity index (χ3n) is 2.91. The lowest BCUT2D eigenvalue weighted by molar-refractivity contribution is -0.136. The van der Waals surface area contributed by atoms with Crippen molar-refractivity contribution in [2.75, 3.05) is 6.54 Å². The van der Waals surface area contributed by atoms with Crippen LogP contribution in [0.25, 0.3) is 0 Å². The molecule has 0 aliphatic carbocycles. The highest BCUT2D eigenvalue weighted by Gasteiger charge is 2.06. The molecule has 18 heavy (non-hydrogen) atoms. The number of carboxylic acids is 1. The van der Waals surface area contributed by atoms with Crippen LogP contribution in [-0.4, -0.2) is 23.5 Å². The Kier molecular flexibility index (Phi) is 5.36. The number of benzene rings is 1. The van der Waals surface area contributed by atoms with Gasteiger partial charge in [-0.25, -0.2) is 0 Å². The first kappa shape index (κ1) is 14.2. The third kappa shape index (κ3) is 4.57. The lowest BCUT2D eigenvalue weighted by Crippen LogP contribution is -2.26. The van der Waals surface area contributed by atoms with E-state index >= 15 is 0 Å². The Hall–Kier alpha value is -1.84. The molecule has 0 atom stereocenters. The molecule has 0 bridgehead atoms. The van der Waals surface area contributed by atoms with Crippen molar-refractivity contribution < 1.29 is 14.7 Å². The molecule has 98 valence electrons. The van der Waals surface area contributed by atoms with Crippen LogP contribution in [0, 0.1) is 13.8 Å². The monoisotopic (exact) mass is 249 g/mol. The fourth-order valence-corrected chi connectivity index (χ4v) is 1.88. The predicted octanol–water partition coefficient (Wildman–Crippen LogP) is 1.83. The predicted molar refractivity (Wildman–Crippen MR) is 69.5 cm³/mol. The molecule has 4 heteroatoms. The molecule has 0 aliphatic rings. The van der Waals surface area contributed by atoms with Crippen LogP contribution in [-0.2, 0) is 16.0 Å². The lowest BCUT2D eigenvalue weighted by Gasteiger charge is -2.09. The lowest BCUT2D eigenvalue weighted by atomic mass is 9.98. The summed E-state index contributed by atoms with van der Waals surface area (Å²) in [5.41, 5.74) is 3.58. The molecule has 1 amide bonds. The smallest absolute Gasteiger partial charge is 0.305 e. The van der Waals surface area contributed by atoms with Crippen molar-refractivity contribution in [1.82, 2.24) is 5.32 Å². The van der Waals surface area contributed by atoms with E-state index in [1.54, 1.807) is 0 Å². The molecule has 0 saturated carbocycles. The van der Waals surface area contributed by atoms with E-state index in [4.69, 9.17) is 5.11 Å². The molecule has 0 aliphatic heterocycles. The summed E-state index contributed by atoms with van der Waals surface area (Å²) in [7, 11) is 0. The van der Waals surface area contributed by atoms with Crippen molar-refractivity contribution in [1.29, 1.82) is 0 Å². The van der Waals surface area contributed by atoms with Gasteiger partial charge in [0.2, 0.25) is 5.91 Å². The number of hydrogen-bond acceptors (Lipinski definition) is 2. The number of hydrogen-bond donors (Lipinski definition) is 2. The topological polar surface area (TPSA) is 66.4 Å². The third-order valence-corrected chi connectivity index (χ3v) is 2.91. The van der Waals surface area contributed by atoms with Crippen LogP contribution >= 0.6 is 0 Å². The maximum atomic E-state index is 11.5. The molecule has 0 radical (unpaired) electrons. The Morgan fingerprint density at radius 1 is 1.17 bits per heavy atom. The van der Waals surface area contributed by atoms with Crippen molar-refractivity contribution in [3.05, 3.63) is 34.9 Å². The van der Waals surface area contributed by atoms with E-state index in [2.05, 4.69) is 5.32 Å². The Labute approximate surface area is 107 Å². The maximum absolute atomic E-state index is 11.5. The second kappa shape index (κ2) is 6.79. The quantitative estimate of drug-likeness (QED) is 0.808. The molecular weight excluding hydrogens is 230 g/mol. The van der Waals surface area contributed by atoms with Gasteiger partial charge in [-0.05, 0) is 37.0 Å². The van der Waals surface area contributed by atoms with Gasteiger partial charge in [-0.2, -0.15) is 0 Å². The highest BCUT2D eigenvalue weighted by atomic mass is 16.4.